The molecule has 2 amide bonds. The quantitative estimate of drug-likeness (QED) is 0.192. The van der Waals surface area contributed by atoms with Crippen LogP contribution in [0.1, 0.15) is 100 Å². The number of rotatable bonds is 12. The van der Waals surface area contributed by atoms with Gasteiger partial charge in [-0.3, -0.25) is 9.59 Å². The van der Waals surface area contributed by atoms with Crippen LogP contribution in [-0.4, -0.2) is 57.0 Å². The average molecular weight is 634 g/mol. The molecule has 0 spiro atoms. The van der Waals surface area contributed by atoms with Crippen molar-refractivity contribution in [3.8, 4) is 0 Å². The lowest BCUT2D eigenvalue weighted by molar-refractivity contribution is -0.115. The predicted molar refractivity (Wildman–Crippen MR) is 163 cm³/mol. The number of nitrogens with one attached hydrogen (secondary N) is 2. The fourth-order valence-corrected chi connectivity index (χ4v) is 7.41. The lowest BCUT2D eigenvalue weighted by atomic mass is 9.95. The van der Waals surface area contributed by atoms with E-state index < -0.39 is 17.2 Å². The Balaban J connectivity index is 1.53. The molecule has 0 radical (unpaired) electrons. The zero-order valence-electron chi connectivity index (χ0n) is 24.1. The summed E-state index contributed by atoms with van der Waals surface area (Å²) in [7, 11) is 0. The van der Waals surface area contributed by atoms with E-state index in [-0.39, 0.29) is 53.1 Å². The largest absolute Gasteiger partial charge is 0.462 e. The third-order valence-electron chi connectivity index (χ3n) is 6.80. The maximum atomic E-state index is 13.4. The van der Waals surface area contributed by atoms with Gasteiger partial charge in [0.1, 0.15) is 9.88 Å². The Morgan fingerprint density at radius 1 is 1.10 bits per heavy atom. The van der Waals surface area contributed by atoms with Crippen molar-refractivity contribution in [3.63, 3.8) is 0 Å². The number of aromatic nitrogens is 3. The Kier molecular flexibility index (Phi) is 11.2. The molecule has 2 N–H and O–H groups in total. The van der Waals surface area contributed by atoms with Crippen LogP contribution < -0.4 is 10.6 Å². The first-order chi connectivity index (χ1) is 20.2. The van der Waals surface area contributed by atoms with Gasteiger partial charge in [-0.05, 0) is 57.5 Å². The molecular weight excluding hydrogens is 599 g/mol. The number of thioether (sulfide) groups is 1. The fraction of sp³-hybridized carbons (Fsp3) is 0.500. The van der Waals surface area contributed by atoms with Crippen LogP contribution in [0.3, 0.4) is 0 Å². The van der Waals surface area contributed by atoms with Gasteiger partial charge >= 0.3 is 11.9 Å². The number of anilines is 1. The predicted octanol–water partition coefficient (Wildman–Crippen LogP) is 5.62. The lowest BCUT2D eigenvalue weighted by Crippen LogP contribution is -2.26. The molecule has 0 aliphatic heterocycles. The Morgan fingerprint density at radius 3 is 2.48 bits per heavy atom. The van der Waals surface area contributed by atoms with Crippen molar-refractivity contribution in [2.45, 2.75) is 82.8 Å². The average Bonchev–Trinajstić information content (AvgIpc) is 3.72. The molecular formula is C28H35N5O6S3. The van der Waals surface area contributed by atoms with Crippen molar-refractivity contribution in [3.05, 3.63) is 44.2 Å². The molecule has 1 aliphatic carbocycles. The highest BCUT2D eigenvalue weighted by Gasteiger charge is 2.30. The first-order valence-corrected chi connectivity index (χ1v) is 16.5. The van der Waals surface area contributed by atoms with Gasteiger partial charge in [0, 0.05) is 6.04 Å². The van der Waals surface area contributed by atoms with Crippen molar-refractivity contribution in [2.24, 2.45) is 0 Å². The third-order valence-corrected chi connectivity index (χ3v) is 9.92. The second-order valence-electron chi connectivity index (χ2n) is 9.67. The highest BCUT2D eigenvalue weighted by atomic mass is 32.2. The molecule has 1 saturated carbocycles. The first-order valence-electron chi connectivity index (χ1n) is 14.0. The smallest absolute Gasteiger partial charge is 0.348 e. The normalized spacial score (nSPS) is 14.3. The molecule has 0 saturated heterocycles. The van der Waals surface area contributed by atoms with Crippen LogP contribution in [0.2, 0.25) is 0 Å². The van der Waals surface area contributed by atoms with Gasteiger partial charge in [-0.15, -0.1) is 32.9 Å². The highest BCUT2D eigenvalue weighted by molar-refractivity contribution is 8.00. The fourth-order valence-electron chi connectivity index (χ4n) is 4.74. The number of ether oxygens (including phenoxy) is 2. The van der Waals surface area contributed by atoms with Crippen LogP contribution in [0.5, 0.6) is 0 Å². The summed E-state index contributed by atoms with van der Waals surface area (Å²) in [6.45, 7) is 7.31. The molecule has 3 aromatic rings. The Morgan fingerprint density at radius 2 is 1.81 bits per heavy atom. The number of hydrogen-bond donors (Lipinski definition) is 2. The molecule has 11 nitrogen and oxygen atoms in total. The van der Waals surface area contributed by atoms with E-state index in [0.717, 1.165) is 37.0 Å². The van der Waals surface area contributed by atoms with Crippen LogP contribution in [-0.2, 0) is 20.8 Å². The van der Waals surface area contributed by atoms with E-state index in [1.165, 1.54) is 29.5 Å². The molecule has 1 fully saturated rings. The van der Waals surface area contributed by atoms with Gasteiger partial charge in [0.25, 0.3) is 5.91 Å². The number of nitrogens with zero attached hydrogens (tertiary/aromatic N) is 3. The number of hydrogen-bond acceptors (Lipinski definition) is 11. The number of amides is 2. The minimum absolute atomic E-state index is 0.143. The summed E-state index contributed by atoms with van der Waals surface area (Å²) in [5, 5.41) is 16.6. The standard InChI is InChI=1S/C28H35N5O6S3/c1-5-38-26(36)21-16(3)22(27(37)39-6-2)42-25(21)30-23(34)17(4)41-28-32-31-20(33(28)18-11-8-7-9-12-18)15-29-24(35)19-13-10-14-40-19/h10,13-14,17-18H,5-9,11-12,15H2,1-4H3,(H,29,35)(H,30,34)/t17-/m0/s1. The van der Waals surface area contributed by atoms with Gasteiger partial charge in [-0.2, -0.15) is 0 Å². The van der Waals surface area contributed by atoms with Crippen LogP contribution in [0.15, 0.2) is 22.7 Å². The summed E-state index contributed by atoms with van der Waals surface area (Å²) >= 11 is 3.62. The molecule has 226 valence electrons. The molecule has 3 aromatic heterocycles. The van der Waals surface area contributed by atoms with Gasteiger partial charge in [-0.25, -0.2) is 9.59 Å². The summed E-state index contributed by atoms with van der Waals surface area (Å²) in [5.74, 6) is -1.08. The van der Waals surface area contributed by atoms with Crippen LogP contribution in [0.4, 0.5) is 5.00 Å². The molecule has 3 heterocycles. The number of esters is 2. The number of thiophene rings is 2. The third kappa shape index (κ3) is 7.39. The molecule has 14 heteroatoms. The molecule has 0 aromatic carbocycles. The monoisotopic (exact) mass is 633 g/mol. The van der Waals surface area contributed by atoms with Crippen molar-refractivity contribution >= 4 is 63.2 Å². The Labute approximate surface area is 256 Å². The summed E-state index contributed by atoms with van der Waals surface area (Å²) < 4.78 is 12.4. The number of carbonyl (C=O) groups is 4. The summed E-state index contributed by atoms with van der Waals surface area (Å²) in [4.78, 5) is 52.1. The van der Waals surface area contributed by atoms with E-state index in [9.17, 15) is 19.2 Å². The number of carbonyl (C=O) groups excluding carboxylic acids is 4. The van der Waals surface area contributed by atoms with E-state index in [0.29, 0.717) is 21.4 Å². The Bertz CT molecular complexity index is 1410. The molecule has 42 heavy (non-hydrogen) atoms. The van der Waals surface area contributed by atoms with Gasteiger partial charge in [0.15, 0.2) is 11.0 Å². The lowest BCUT2D eigenvalue weighted by Gasteiger charge is -2.26. The maximum absolute atomic E-state index is 13.4. The summed E-state index contributed by atoms with van der Waals surface area (Å²) in [6.07, 6.45) is 5.27. The SMILES string of the molecule is CCOC(=O)c1sc(NC(=O)[C@H](C)Sc2nnc(CNC(=O)c3cccs3)n2C2CCCCC2)c(C(=O)OCC)c1C. The van der Waals surface area contributed by atoms with Crippen LogP contribution in [0.25, 0.3) is 0 Å². The second kappa shape index (κ2) is 14.8. The van der Waals surface area contributed by atoms with E-state index in [1.54, 1.807) is 33.8 Å². The maximum Gasteiger partial charge on any atom is 0.348 e. The van der Waals surface area contributed by atoms with E-state index in [4.69, 9.17) is 9.47 Å². The molecule has 4 rings (SSSR count). The minimum Gasteiger partial charge on any atom is -0.462 e. The van der Waals surface area contributed by atoms with E-state index in [1.807, 2.05) is 11.4 Å². The van der Waals surface area contributed by atoms with Gasteiger partial charge in [0.05, 0.1) is 35.4 Å². The van der Waals surface area contributed by atoms with Gasteiger partial charge < -0.3 is 24.7 Å². The molecule has 1 aliphatic rings. The van der Waals surface area contributed by atoms with E-state index >= 15 is 0 Å². The van der Waals surface area contributed by atoms with Crippen molar-refractivity contribution < 1.29 is 28.7 Å². The summed E-state index contributed by atoms with van der Waals surface area (Å²) in [6, 6.07) is 3.77. The summed E-state index contributed by atoms with van der Waals surface area (Å²) in [5.41, 5.74) is 0.545. The highest BCUT2D eigenvalue weighted by Crippen LogP contribution is 2.37. The Hall–Kier alpha value is -3.23. The van der Waals surface area contributed by atoms with Crippen molar-refractivity contribution in [1.82, 2.24) is 20.1 Å². The van der Waals surface area contributed by atoms with Crippen molar-refractivity contribution in [2.75, 3.05) is 18.5 Å². The van der Waals surface area contributed by atoms with Gasteiger partial charge in [-0.1, -0.05) is 37.1 Å². The topological polar surface area (TPSA) is 142 Å². The molecule has 1 atom stereocenters. The van der Waals surface area contributed by atoms with Gasteiger partial charge in [0.2, 0.25) is 5.91 Å². The first kappa shape index (κ1) is 31.7. The molecule has 0 unspecified atom stereocenters. The zero-order chi connectivity index (χ0) is 30.2. The van der Waals surface area contributed by atoms with Crippen LogP contribution >= 0.6 is 34.4 Å². The second-order valence-corrected chi connectivity index (χ2v) is 12.9. The van der Waals surface area contributed by atoms with Crippen LogP contribution in [0, 0.1) is 6.92 Å². The molecule has 0 bridgehead atoms. The van der Waals surface area contributed by atoms with Crippen molar-refractivity contribution in [1.29, 1.82) is 0 Å². The zero-order valence-corrected chi connectivity index (χ0v) is 26.5. The van der Waals surface area contributed by atoms with E-state index in [2.05, 4.69) is 25.4 Å². The minimum atomic E-state index is -0.622.